The van der Waals surface area contributed by atoms with Crippen LogP contribution in [0.3, 0.4) is 0 Å². The van der Waals surface area contributed by atoms with E-state index in [4.69, 9.17) is 4.74 Å². The van der Waals surface area contributed by atoms with Crippen LogP contribution in [0, 0.1) is 0 Å². The molecule has 3 N–H and O–H groups in total. The van der Waals surface area contributed by atoms with Gasteiger partial charge in [0.2, 0.25) is 17.7 Å². The van der Waals surface area contributed by atoms with Crippen LogP contribution in [0.4, 0.5) is 0 Å². The maximum absolute atomic E-state index is 13.7. The molecule has 2 aromatic rings. The van der Waals surface area contributed by atoms with Crippen molar-refractivity contribution in [3.05, 3.63) is 42.2 Å². The van der Waals surface area contributed by atoms with Gasteiger partial charge < -0.3 is 25.4 Å². The highest BCUT2D eigenvalue weighted by atomic mass is 16.5. The van der Waals surface area contributed by atoms with Gasteiger partial charge in [0, 0.05) is 25.6 Å². The molecule has 3 amide bonds. The van der Waals surface area contributed by atoms with Crippen molar-refractivity contribution in [2.45, 2.75) is 69.1 Å². The molecule has 5 rings (SSSR count). The Balaban J connectivity index is 1.34. The van der Waals surface area contributed by atoms with Crippen molar-refractivity contribution < 1.29 is 24.2 Å². The maximum atomic E-state index is 13.7. The fourth-order valence-corrected chi connectivity index (χ4v) is 5.38. The average Bonchev–Trinajstić information content (AvgIpc) is 3.60. The minimum Gasteiger partial charge on any atom is -0.487 e. The van der Waals surface area contributed by atoms with Gasteiger partial charge in [-0.05, 0) is 32.5 Å². The van der Waals surface area contributed by atoms with Crippen LogP contribution in [0.1, 0.15) is 37.9 Å². The highest BCUT2D eigenvalue weighted by Crippen LogP contribution is 2.31. The molecule has 2 bridgehead atoms. The first-order chi connectivity index (χ1) is 17.8. The minimum atomic E-state index is -1.04. The van der Waals surface area contributed by atoms with Crippen LogP contribution in [0.5, 0.6) is 5.75 Å². The third kappa shape index (κ3) is 5.44. The molecule has 4 heterocycles. The number of amides is 3. The number of aliphatic hydroxyl groups is 1. The third-order valence-electron chi connectivity index (χ3n) is 7.47. The van der Waals surface area contributed by atoms with E-state index in [1.165, 1.54) is 0 Å². The largest absolute Gasteiger partial charge is 0.487 e. The Labute approximate surface area is 214 Å². The van der Waals surface area contributed by atoms with E-state index >= 15 is 0 Å². The number of ether oxygens (including phenoxy) is 1. The molecule has 0 aliphatic carbocycles. The van der Waals surface area contributed by atoms with Crippen molar-refractivity contribution in [2.24, 2.45) is 0 Å². The van der Waals surface area contributed by atoms with Crippen LogP contribution < -0.4 is 15.4 Å². The predicted octanol–water partition coefficient (Wildman–Crippen LogP) is -0.543. The van der Waals surface area contributed by atoms with Gasteiger partial charge in [0.05, 0.1) is 36.8 Å². The van der Waals surface area contributed by atoms with E-state index in [-0.39, 0.29) is 42.8 Å². The minimum absolute atomic E-state index is 0.121. The Morgan fingerprint density at radius 3 is 2.65 bits per heavy atom. The molecule has 3 saturated heterocycles. The standard InChI is InChI=1S/C25H33N7O5/c1-15-22(33)10-23(34)27-16-8-21(30(2)11-16)25(36)31-13-18(9-20(31)24(35)26-15)32-12-17(28-29-32)14-37-19-6-4-3-5-7-19/h3-7,12,15-16,18,20-22,33H,8-11,13-14H2,1-2H3,(H,26,35)(H,27,34)/t15-,16-,18-,20-,21-,22-/m0/s1. The quantitative estimate of drug-likeness (QED) is 0.497. The lowest BCUT2D eigenvalue weighted by atomic mass is 10.1. The number of aromatic nitrogens is 3. The molecule has 6 atom stereocenters. The van der Waals surface area contributed by atoms with Crippen LogP contribution >= 0.6 is 0 Å². The van der Waals surface area contributed by atoms with Gasteiger partial charge in [0.25, 0.3) is 0 Å². The molecule has 0 spiro atoms. The van der Waals surface area contributed by atoms with Crippen LogP contribution in [-0.2, 0) is 21.0 Å². The van der Waals surface area contributed by atoms with E-state index in [0.717, 1.165) is 5.75 Å². The number of likely N-dealkylation sites (tertiary alicyclic amines) is 1. The molecule has 1 aromatic heterocycles. The number of aliphatic hydroxyl groups excluding tert-OH is 1. The highest BCUT2D eigenvalue weighted by Gasteiger charge is 2.46. The second kappa shape index (κ2) is 10.5. The topological polar surface area (TPSA) is 142 Å². The summed E-state index contributed by atoms with van der Waals surface area (Å²) in [5.74, 6) is -0.0710. The number of para-hydroxylation sites is 1. The fourth-order valence-electron chi connectivity index (χ4n) is 5.38. The number of benzene rings is 1. The van der Waals surface area contributed by atoms with Gasteiger partial charge in [-0.3, -0.25) is 19.3 Å². The molecule has 3 fully saturated rings. The van der Waals surface area contributed by atoms with E-state index in [9.17, 15) is 19.5 Å². The van der Waals surface area contributed by atoms with Gasteiger partial charge in [-0.2, -0.15) is 0 Å². The van der Waals surface area contributed by atoms with Crippen molar-refractivity contribution in [1.29, 1.82) is 0 Å². The van der Waals surface area contributed by atoms with Gasteiger partial charge in [-0.1, -0.05) is 23.4 Å². The molecule has 3 aliphatic rings. The molecule has 0 saturated carbocycles. The van der Waals surface area contributed by atoms with Crippen molar-refractivity contribution in [3.8, 4) is 5.75 Å². The number of nitrogens with one attached hydrogen (secondary N) is 2. The number of carbonyl (C=O) groups excluding carboxylic acids is 3. The van der Waals surface area contributed by atoms with Crippen LogP contribution in [0.15, 0.2) is 36.5 Å². The SMILES string of the molecule is C[C@@H]1NC(=O)[C@@H]2C[C@H](n3cc(COc4ccccc4)nn3)CN2C(=O)[C@@H]2C[C@@H](CN2C)NC(=O)C[C@@H]1O. The maximum Gasteiger partial charge on any atom is 0.243 e. The van der Waals surface area contributed by atoms with Crippen molar-refractivity contribution in [2.75, 3.05) is 20.1 Å². The summed E-state index contributed by atoms with van der Waals surface area (Å²) in [6, 6.07) is 7.15. The molecule has 198 valence electrons. The summed E-state index contributed by atoms with van der Waals surface area (Å²) >= 11 is 0. The number of hydrogen-bond donors (Lipinski definition) is 3. The second-order valence-electron chi connectivity index (χ2n) is 10.2. The zero-order chi connectivity index (χ0) is 26.1. The van der Waals surface area contributed by atoms with Gasteiger partial charge in [0.1, 0.15) is 24.1 Å². The number of likely N-dealkylation sites (N-methyl/N-ethyl adjacent to an activating group) is 1. The molecule has 0 radical (unpaired) electrons. The van der Waals surface area contributed by atoms with Gasteiger partial charge >= 0.3 is 0 Å². The lowest BCUT2D eigenvalue weighted by molar-refractivity contribution is -0.142. The molecule has 37 heavy (non-hydrogen) atoms. The van der Waals surface area contributed by atoms with Crippen molar-refractivity contribution >= 4 is 17.7 Å². The van der Waals surface area contributed by atoms with Crippen LogP contribution in [0.2, 0.25) is 0 Å². The summed E-state index contributed by atoms with van der Waals surface area (Å²) in [6.45, 7) is 2.73. The molecular formula is C25H33N7O5. The van der Waals surface area contributed by atoms with E-state index in [1.807, 2.05) is 42.3 Å². The normalized spacial score (nSPS) is 31.1. The zero-order valence-electron chi connectivity index (χ0n) is 21.0. The summed E-state index contributed by atoms with van der Waals surface area (Å²) in [5.41, 5.74) is 0.641. The second-order valence-corrected chi connectivity index (χ2v) is 10.2. The monoisotopic (exact) mass is 511 g/mol. The van der Waals surface area contributed by atoms with Crippen molar-refractivity contribution in [3.63, 3.8) is 0 Å². The van der Waals surface area contributed by atoms with Crippen molar-refractivity contribution in [1.82, 2.24) is 35.4 Å². The van der Waals surface area contributed by atoms with Gasteiger partial charge in [0.15, 0.2) is 0 Å². The fraction of sp³-hybridized carbons (Fsp3) is 0.560. The van der Waals surface area contributed by atoms with Crippen LogP contribution in [0.25, 0.3) is 0 Å². The Bertz CT molecular complexity index is 1140. The molecule has 12 heteroatoms. The predicted molar refractivity (Wildman–Crippen MR) is 131 cm³/mol. The summed E-state index contributed by atoms with van der Waals surface area (Å²) in [5, 5.41) is 24.7. The Hall–Kier alpha value is -3.51. The number of carbonyl (C=O) groups is 3. The Morgan fingerprint density at radius 2 is 1.86 bits per heavy atom. The number of nitrogens with zero attached hydrogens (tertiary/aromatic N) is 5. The molecular weight excluding hydrogens is 478 g/mol. The lowest BCUT2D eigenvalue weighted by Gasteiger charge is -2.30. The highest BCUT2D eigenvalue weighted by molar-refractivity contribution is 5.91. The Morgan fingerprint density at radius 1 is 1.08 bits per heavy atom. The summed E-state index contributed by atoms with van der Waals surface area (Å²) in [4.78, 5) is 42.9. The summed E-state index contributed by atoms with van der Waals surface area (Å²) in [6.07, 6.45) is 1.44. The lowest BCUT2D eigenvalue weighted by Crippen LogP contribution is -2.54. The Kier molecular flexibility index (Phi) is 7.11. The van der Waals surface area contributed by atoms with E-state index in [2.05, 4.69) is 20.9 Å². The third-order valence-corrected chi connectivity index (χ3v) is 7.47. The first-order valence-corrected chi connectivity index (χ1v) is 12.7. The van der Waals surface area contributed by atoms with E-state index in [1.54, 1.807) is 22.7 Å². The molecule has 0 unspecified atom stereocenters. The molecule has 12 nitrogen and oxygen atoms in total. The molecule has 3 aliphatic heterocycles. The first-order valence-electron chi connectivity index (χ1n) is 12.7. The number of fused-ring (bicyclic) bond motifs is 3. The molecule has 1 aromatic carbocycles. The smallest absolute Gasteiger partial charge is 0.243 e. The zero-order valence-corrected chi connectivity index (χ0v) is 21.0. The number of hydrogen-bond acceptors (Lipinski definition) is 8. The van der Waals surface area contributed by atoms with Crippen LogP contribution in [-0.4, -0.2) is 98.0 Å². The van der Waals surface area contributed by atoms with E-state index < -0.39 is 24.2 Å². The van der Waals surface area contributed by atoms with Gasteiger partial charge in [-0.25, -0.2) is 4.68 Å². The summed E-state index contributed by atoms with van der Waals surface area (Å²) in [7, 11) is 1.84. The number of rotatable bonds is 4. The first kappa shape index (κ1) is 25.2. The summed E-state index contributed by atoms with van der Waals surface area (Å²) < 4.78 is 7.46. The van der Waals surface area contributed by atoms with E-state index in [0.29, 0.717) is 31.6 Å². The van der Waals surface area contributed by atoms with Gasteiger partial charge in [-0.15, -0.1) is 5.10 Å². The average molecular weight is 512 g/mol.